The molecule has 0 unspecified atom stereocenters. The summed E-state index contributed by atoms with van der Waals surface area (Å²) in [5, 5.41) is 0. The summed E-state index contributed by atoms with van der Waals surface area (Å²) >= 11 is 1.90. The van der Waals surface area contributed by atoms with E-state index in [0.29, 0.717) is 0 Å². The second-order valence-corrected chi connectivity index (χ2v) is 8.54. The monoisotopic (exact) mass is 326 g/mol. The fourth-order valence-corrected chi connectivity index (χ4v) is 3.98. The van der Waals surface area contributed by atoms with Crippen LogP contribution in [0.1, 0.15) is 26.3 Å². The van der Waals surface area contributed by atoms with Gasteiger partial charge in [0.2, 0.25) is 0 Å². The number of fused-ring (bicyclic) bond motifs is 2. The van der Waals surface area contributed by atoms with Crippen molar-refractivity contribution in [2.75, 3.05) is 32.1 Å². The van der Waals surface area contributed by atoms with Crippen molar-refractivity contribution in [3.8, 4) is 0 Å². The second kappa shape index (κ2) is 6.21. The predicted molar refractivity (Wildman–Crippen MR) is 101 cm³/mol. The lowest BCUT2D eigenvalue weighted by molar-refractivity contribution is 0.418. The van der Waals surface area contributed by atoms with Crippen LogP contribution in [0.3, 0.4) is 0 Å². The van der Waals surface area contributed by atoms with E-state index in [1.165, 1.54) is 26.7 Å². The van der Waals surface area contributed by atoms with Crippen molar-refractivity contribution in [3.05, 3.63) is 48.0 Å². The van der Waals surface area contributed by atoms with Gasteiger partial charge in [0.1, 0.15) is 0 Å². The number of hydrogen-bond donors (Lipinski definition) is 0. The van der Waals surface area contributed by atoms with Crippen LogP contribution in [-0.2, 0) is 5.41 Å². The van der Waals surface area contributed by atoms with Gasteiger partial charge in [0.25, 0.3) is 0 Å². The smallest absolute Gasteiger partial charge is 0.0553 e. The zero-order valence-electron chi connectivity index (χ0n) is 14.8. The van der Waals surface area contributed by atoms with Crippen LogP contribution in [0.4, 0.5) is 11.4 Å². The van der Waals surface area contributed by atoms with E-state index in [2.05, 4.69) is 87.1 Å². The number of anilines is 2. The molecule has 2 nitrogen and oxygen atoms in total. The predicted octanol–water partition coefficient (Wildman–Crippen LogP) is 5.15. The Hall–Kier alpha value is -1.45. The maximum atomic E-state index is 2.47. The molecule has 0 spiro atoms. The number of likely N-dealkylation sites (N-methyl/N-ethyl adjacent to an activating group) is 1. The van der Waals surface area contributed by atoms with E-state index in [4.69, 9.17) is 0 Å². The fourth-order valence-electron chi connectivity index (χ4n) is 2.84. The first-order valence-corrected chi connectivity index (χ1v) is 9.01. The van der Waals surface area contributed by atoms with Crippen LogP contribution in [0.5, 0.6) is 0 Å². The van der Waals surface area contributed by atoms with E-state index in [1.54, 1.807) is 0 Å². The van der Waals surface area contributed by atoms with Gasteiger partial charge < -0.3 is 9.80 Å². The average molecular weight is 327 g/mol. The Morgan fingerprint density at radius 2 is 1.65 bits per heavy atom. The van der Waals surface area contributed by atoms with Gasteiger partial charge >= 0.3 is 0 Å². The van der Waals surface area contributed by atoms with Crippen molar-refractivity contribution in [3.63, 3.8) is 0 Å². The van der Waals surface area contributed by atoms with Gasteiger partial charge in [0, 0.05) is 22.9 Å². The molecule has 122 valence electrons. The lowest BCUT2D eigenvalue weighted by atomic mass is 9.87. The Labute approximate surface area is 144 Å². The Kier molecular flexibility index (Phi) is 4.43. The van der Waals surface area contributed by atoms with E-state index in [1.807, 2.05) is 11.8 Å². The molecule has 0 bridgehead atoms. The molecule has 0 radical (unpaired) electrons. The number of hydrogen-bond acceptors (Lipinski definition) is 3. The van der Waals surface area contributed by atoms with Crippen LogP contribution in [0, 0.1) is 0 Å². The SMILES string of the molecule is CN(C)CCN1c2ccccc2Sc2cc(C(C)(C)C)ccc21. The molecule has 0 saturated carbocycles. The summed E-state index contributed by atoms with van der Waals surface area (Å²) in [7, 11) is 4.27. The molecular formula is C20H26N2S. The molecule has 23 heavy (non-hydrogen) atoms. The van der Waals surface area contributed by atoms with E-state index in [9.17, 15) is 0 Å². The quantitative estimate of drug-likeness (QED) is 0.770. The van der Waals surface area contributed by atoms with Crippen LogP contribution in [-0.4, -0.2) is 32.1 Å². The summed E-state index contributed by atoms with van der Waals surface area (Å²) in [5.74, 6) is 0. The first-order valence-electron chi connectivity index (χ1n) is 8.20. The lowest BCUT2D eigenvalue weighted by Gasteiger charge is -2.34. The van der Waals surface area contributed by atoms with Gasteiger partial charge in [0.05, 0.1) is 11.4 Å². The maximum Gasteiger partial charge on any atom is 0.0553 e. The molecule has 3 rings (SSSR count). The standard InChI is InChI=1S/C20H26N2S/c1-20(2,3)15-10-11-17-19(14-15)23-18-9-7-6-8-16(18)22(17)13-12-21(4)5/h6-11,14H,12-13H2,1-5H3. The third kappa shape index (κ3) is 3.41. The number of nitrogens with zero attached hydrogens (tertiary/aromatic N) is 2. The number of para-hydroxylation sites is 1. The molecule has 0 N–H and O–H groups in total. The Bertz CT molecular complexity index is 701. The summed E-state index contributed by atoms with van der Waals surface area (Å²) in [6, 6.07) is 15.7. The van der Waals surface area contributed by atoms with Crippen LogP contribution >= 0.6 is 11.8 Å². The van der Waals surface area contributed by atoms with Crippen molar-refractivity contribution in [2.24, 2.45) is 0 Å². The summed E-state index contributed by atoms with van der Waals surface area (Å²) < 4.78 is 0. The third-order valence-corrected chi connectivity index (χ3v) is 5.38. The van der Waals surface area contributed by atoms with Gasteiger partial charge in [-0.15, -0.1) is 0 Å². The topological polar surface area (TPSA) is 6.48 Å². The molecule has 3 heteroatoms. The fraction of sp³-hybridized carbons (Fsp3) is 0.400. The molecule has 1 heterocycles. The van der Waals surface area contributed by atoms with Crippen molar-refractivity contribution in [1.29, 1.82) is 0 Å². The van der Waals surface area contributed by atoms with Crippen LogP contribution in [0.2, 0.25) is 0 Å². The summed E-state index contributed by atoms with van der Waals surface area (Å²) in [4.78, 5) is 7.43. The molecule has 1 aliphatic rings. The Morgan fingerprint density at radius 1 is 0.957 bits per heavy atom. The number of rotatable bonds is 3. The van der Waals surface area contributed by atoms with Crippen LogP contribution in [0.25, 0.3) is 0 Å². The molecule has 2 aromatic carbocycles. The molecule has 0 atom stereocenters. The molecule has 1 aliphatic heterocycles. The minimum atomic E-state index is 0.182. The summed E-state index contributed by atoms with van der Waals surface area (Å²) in [6.07, 6.45) is 0. The van der Waals surface area contributed by atoms with E-state index < -0.39 is 0 Å². The highest BCUT2D eigenvalue weighted by atomic mass is 32.2. The molecule has 0 aliphatic carbocycles. The summed E-state index contributed by atoms with van der Waals surface area (Å²) in [5.41, 5.74) is 4.25. The first-order chi connectivity index (χ1) is 10.9. The molecule has 2 aromatic rings. The Morgan fingerprint density at radius 3 is 2.35 bits per heavy atom. The van der Waals surface area contributed by atoms with Gasteiger partial charge in [-0.05, 0) is 49.3 Å². The molecule has 0 saturated heterocycles. The number of benzene rings is 2. The van der Waals surface area contributed by atoms with Crippen molar-refractivity contribution in [2.45, 2.75) is 36.0 Å². The minimum Gasteiger partial charge on any atom is -0.338 e. The van der Waals surface area contributed by atoms with Crippen molar-refractivity contribution < 1.29 is 0 Å². The first kappa shape index (κ1) is 16.4. The average Bonchev–Trinajstić information content (AvgIpc) is 2.49. The minimum absolute atomic E-state index is 0.182. The van der Waals surface area contributed by atoms with Gasteiger partial charge in [-0.2, -0.15) is 0 Å². The van der Waals surface area contributed by atoms with E-state index >= 15 is 0 Å². The molecular weight excluding hydrogens is 300 g/mol. The van der Waals surface area contributed by atoms with Crippen LogP contribution in [0.15, 0.2) is 52.3 Å². The van der Waals surface area contributed by atoms with Crippen LogP contribution < -0.4 is 4.90 Å². The zero-order chi connectivity index (χ0) is 16.6. The van der Waals surface area contributed by atoms with Gasteiger partial charge in [-0.1, -0.05) is 50.7 Å². The largest absolute Gasteiger partial charge is 0.338 e. The van der Waals surface area contributed by atoms with Gasteiger partial charge in [-0.3, -0.25) is 0 Å². The van der Waals surface area contributed by atoms with Crippen molar-refractivity contribution in [1.82, 2.24) is 4.90 Å². The zero-order valence-corrected chi connectivity index (χ0v) is 15.6. The highest BCUT2D eigenvalue weighted by molar-refractivity contribution is 7.99. The second-order valence-electron chi connectivity index (χ2n) is 7.46. The highest BCUT2D eigenvalue weighted by Gasteiger charge is 2.25. The molecule has 0 aromatic heterocycles. The summed E-state index contributed by atoms with van der Waals surface area (Å²) in [6.45, 7) is 8.88. The van der Waals surface area contributed by atoms with E-state index in [0.717, 1.165) is 13.1 Å². The molecule has 0 fully saturated rings. The maximum absolute atomic E-state index is 2.47. The molecule has 0 amide bonds. The van der Waals surface area contributed by atoms with Gasteiger partial charge in [0.15, 0.2) is 0 Å². The lowest BCUT2D eigenvalue weighted by Crippen LogP contribution is -2.30. The third-order valence-electron chi connectivity index (χ3n) is 4.26. The van der Waals surface area contributed by atoms with Gasteiger partial charge in [-0.25, -0.2) is 0 Å². The van der Waals surface area contributed by atoms with E-state index in [-0.39, 0.29) is 5.41 Å². The Balaban J connectivity index is 2.04. The van der Waals surface area contributed by atoms with Crippen molar-refractivity contribution >= 4 is 23.1 Å². The highest BCUT2D eigenvalue weighted by Crippen LogP contribution is 2.48. The normalized spacial score (nSPS) is 13.9.